The van der Waals surface area contributed by atoms with E-state index in [-0.39, 0.29) is 24.4 Å². The van der Waals surface area contributed by atoms with Gasteiger partial charge >= 0.3 is 0 Å². The maximum atomic E-state index is 13.0. The zero-order valence-electron chi connectivity index (χ0n) is 14.0. The Morgan fingerprint density at radius 3 is 2.52 bits per heavy atom. The molecule has 5 nitrogen and oxygen atoms in total. The van der Waals surface area contributed by atoms with Crippen LogP contribution < -0.4 is 5.73 Å². The van der Waals surface area contributed by atoms with E-state index in [0.717, 1.165) is 39.1 Å². The summed E-state index contributed by atoms with van der Waals surface area (Å²) in [5.41, 5.74) is 6.36. The van der Waals surface area contributed by atoms with E-state index >= 15 is 0 Å². The molecule has 2 heterocycles. The van der Waals surface area contributed by atoms with Crippen LogP contribution in [0.15, 0.2) is 0 Å². The van der Waals surface area contributed by atoms with Crippen LogP contribution in [0.3, 0.4) is 0 Å². The lowest BCUT2D eigenvalue weighted by Crippen LogP contribution is -2.50. The Hall–Kier alpha value is -0.360. The van der Waals surface area contributed by atoms with Crippen molar-refractivity contribution in [2.45, 2.75) is 50.3 Å². The lowest BCUT2D eigenvalue weighted by Gasteiger charge is -2.44. The molecule has 0 aromatic carbocycles. The minimum atomic E-state index is 0. The Morgan fingerprint density at radius 1 is 1.17 bits per heavy atom. The summed E-state index contributed by atoms with van der Waals surface area (Å²) in [6.07, 6.45) is 5.99. The molecule has 6 heteroatoms. The number of amides is 1. The van der Waals surface area contributed by atoms with Crippen LogP contribution in [0.1, 0.15) is 32.1 Å². The topological polar surface area (TPSA) is 58.8 Å². The highest BCUT2D eigenvalue weighted by Gasteiger charge is 2.45. The van der Waals surface area contributed by atoms with Crippen LogP contribution in [-0.2, 0) is 9.53 Å². The second-order valence-electron chi connectivity index (χ2n) is 7.90. The summed E-state index contributed by atoms with van der Waals surface area (Å²) in [6.45, 7) is 3.40. The third kappa shape index (κ3) is 3.13. The first-order valence-electron chi connectivity index (χ1n) is 8.99. The maximum absolute atomic E-state index is 13.0. The molecular formula is C17H30ClN3O2. The zero-order valence-corrected chi connectivity index (χ0v) is 14.8. The van der Waals surface area contributed by atoms with Gasteiger partial charge in [0, 0.05) is 31.6 Å². The van der Waals surface area contributed by atoms with Gasteiger partial charge in [0.1, 0.15) is 0 Å². The molecule has 0 radical (unpaired) electrons. The first-order valence-corrected chi connectivity index (χ1v) is 8.99. The standard InChI is InChI=1S/C17H29N3O2.ClH/c1-19-5-6-22-15-10-20(9-14(15)19)17(21)13-7-11-3-2-4-12(8-13)16(11)18;/h11-16H,2-10,18H2,1H3;1H. The summed E-state index contributed by atoms with van der Waals surface area (Å²) in [4.78, 5) is 17.4. The number of carbonyl (C=O) groups excluding carboxylic acids is 1. The summed E-state index contributed by atoms with van der Waals surface area (Å²) in [5, 5.41) is 0. The highest BCUT2D eigenvalue weighted by Crippen LogP contribution is 2.42. The fourth-order valence-corrected chi connectivity index (χ4v) is 5.29. The summed E-state index contributed by atoms with van der Waals surface area (Å²) in [7, 11) is 2.15. The van der Waals surface area contributed by atoms with Crippen molar-refractivity contribution in [2.24, 2.45) is 23.5 Å². The van der Waals surface area contributed by atoms with Gasteiger partial charge in [-0.2, -0.15) is 0 Å². The highest BCUT2D eigenvalue weighted by atomic mass is 35.5. The van der Waals surface area contributed by atoms with E-state index in [0.29, 0.717) is 29.8 Å². The van der Waals surface area contributed by atoms with Gasteiger partial charge in [0.25, 0.3) is 0 Å². The van der Waals surface area contributed by atoms with Gasteiger partial charge in [0.15, 0.2) is 0 Å². The Morgan fingerprint density at radius 2 is 1.87 bits per heavy atom. The van der Waals surface area contributed by atoms with Crippen LogP contribution in [0.2, 0.25) is 0 Å². The van der Waals surface area contributed by atoms with Crippen molar-refractivity contribution in [2.75, 3.05) is 33.3 Å². The number of hydrogen-bond donors (Lipinski definition) is 1. The molecule has 2 aliphatic heterocycles. The van der Waals surface area contributed by atoms with Crippen molar-refractivity contribution in [3.63, 3.8) is 0 Å². The van der Waals surface area contributed by atoms with Crippen LogP contribution in [0, 0.1) is 17.8 Å². The average Bonchev–Trinajstić information content (AvgIpc) is 2.92. The quantitative estimate of drug-likeness (QED) is 0.774. The van der Waals surface area contributed by atoms with Gasteiger partial charge < -0.3 is 15.4 Å². The van der Waals surface area contributed by atoms with Gasteiger partial charge in [-0.25, -0.2) is 0 Å². The second-order valence-corrected chi connectivity index (χ2v) is 7.90. The molecule has 2 N–H and O–H groups in total. The Bertz CT molecular complexity index is 436. The van der Waals surface area contributed by atoms with Gasteiger partial charge in [-0.15, -0.1) is 12.4 Å². The van der Waals surface area contributed by atoms with Crippen LogP contribution in [-0.4, -0.2) is 67.2 Å². The molecule has 2 aliphatic carbocycles. The van der Waals surface area contributed by atoms with Gasteiger partial charge in [0.05, 0.1) is 18.8 Å². The molecule has 0 spiro atoms. The van der Waals surface area contributed by atoms with E-state index in [1.807, 2.05) is 0 Å². The second kappa shape index (κ2) is 6.87. The SMILES string of the molecule is CN1CCOC2CN(C(=O)C3CC4CCCC(C3)C4N)CC21.Cl. The summed E-state index contributed by atoms with van der Waals surface area (Å²) in [5.74, 6) is 1.73. The Balaban J connectivity index is 0.00000156. The van der Waals surface area contributed by atoms with E-state index in [2.05, 4.69) is 16.8 Å². The first kappa shape index (κ1) is 17.5. The number of halogens is 1. The molecule has 0 aromatic heterocycles. The number of ether oxygens (including phenoxy) is 1. The van der Waals surface area contributed by atoms with Crippen molar-refractivity contribution in [3.8, 4) is 0 Å². The van der Waals surface area contributed by atoms with Gasteiger partial charge in [0.2, 0.25) is 5.91 Å². The number of nitrogens with zero attached hydrogens (tertiary/aromatic N) is 2. The molecule has 4 unspecified atom stereocenters. The molecular weight excluding hydrogens is 314 g/mol. The number of morpholine rings is 1. The number of rotatable bonds is 1. The highest BCUT2D eigenvalue weighted by molar-refractivity contribution is 5.85. The fraction of sp³-hybridized carbons (Fsp3) is 0.941. The minimum absolute atomic E-state index is 0. The third-order valence-corrected chi connectivity index (χ3v) is 6.65. The molecule has 4 aliphatic rings. The fourth-order valence-electron chi connectivity index (χ4n) is 5.29. The molecule has 4 rings (SSSR count). The molecule has 4 atom stereocenters. The number of carbonyl (C=O) groups is 1. The molecule has 2 bridgehead atoms. The van der Waals surface area contributed by atoms with E-state index in [4.69, 9.17) is 10.5 Å². The smallest absolute Gasteiger partial charge is 0.225 e. The predicted octanol–water partition coefficient (Wildman–Crippen LogP) is 1.10. The number of fused-ring (bicyclic) bond motifs is 3. The van der Waals surface area contributed by atoms with E-state index in [1.54, 1.807) is 0 Å². The Kier molecular flexibility index (Phi) is 5.21. The predicted molar refractivity (Wildman–Crippen MR) is 91.5 cm³/mol. The molecule has 0 aromatic rings. The Labute approximate surface area is 145 Å². The lowest BCUT2D eigenvalue weighted by atomic mass is 9.65. The van der Waals surface area contributed by atoms with Crippen molar-refractivity contribution >= 4 is 18.3 Å². The van der Waals surface area contributed by atoms with Crippen LogP contribution in [0.5, 0.6) is 0 Å². The molecule has 23 heavy (non-hydrogen) atoms. The van der Waals surface area contributed by atoms with Crippen molar-refractivity contribution in [3.05, 3.63) is 0 Å². The van der Waals surface area contributed by atoms with Crippen molar-refractivity contribution < 1.29 is 9.53 Å². The monoisotopic (exact) mass is 343 g/mol. The van der Waals surface area contributed by atoms with Crippen LogP contribution in [0.25, 0.3) is 0 Å². The van der Waals surface area contributed by atoms with Crippen molar-refractivity contribution in [1.29, 1.82) is 0 Å². The number of likely N-dealkylation sites (N-methyl/N-ethyl adjacent to an activating group) is 1. The third-order valence-electron chi connectivity index (χ3n) is 6.65. The summed E-state index contributed by atoms with van der Waals surface area (Å²) >= 11 is 0. The van der Waals surface area contributed by atoms with Crippen LogP contribution in [0.4, 0.5) is 0 Å². The normalized spacial score (nSPS) is 43.7. The maximum Gasteiger partial charge on any atom is 0.225 e. The van der Waals surface area contributed by atoms with Gasteiger partial charge in [-0.05, 0) is 44.6 Å². The number of hydrogen-bond acceptors (Lipinski definition) is 4. The summed E-state index contributed by atoms with van der Waals surface area (Å²) in [6, 6.07) is 0.733. The lowest BCUT2D eigenvalue weighted by molar-refractivity contribution is -0.138. The minimum Gasteiger partial charge on any atom is -0.373 e. The van der Waals surface area contributed by atoms with Crippen molar-refractivity contribution in [1.82, 2.24) is 9.80 Å². The van der Waals surface area contributed by atoms with Gasteiger partial charge in [-0.1, -0.05) is 6.42 Å². The van der Waals surface area contributed by atoms with E-state index in [9.17, 15) is 4.79 Å². The first-order chi connectivity index (χ1) is 10.6. The molecule has 4 fully saturated rings. The molecule has 2 saturated carbocycles. The number of likely N-dealkylation sites (tertiary alicyclic amines) is 1. The molecule has 132 valence electrons. The summed E-state index contributed by atoms with van der Waals surface area (Å²) < 4.78 is 5.88. The van der Waals surface area contributed by atoms with Crippen LogP contribution >= 0.6 is 12.4 Å². The van der Waals surface area contributed by atoms with E-state index in [1.165, 1.54) is 19.3 Å². The molecule has 2 saturated heterocycles. The molecule has 1 amide bonds. The number of nitrogens with two attached hydrogens (primary N) is 1. The largest absolute Gasteiger partial charge is 0.373 e. The average molecular weight is 344 g/mol. The van der Waals surface area contributed by atoms with Gasteiger partial charge in [-0.3, -0.25) is 9.69 Å². The zero-order chi connectivity index (χ0) is 15.3. The van der Waals surface area contributed by atoms with E-state index < -0.39 is 0 Å².